The van der Waals surface area contributed by atoms with E-state index in [2.05, 4.69) is 13.8 Å². The van der Waals surface area contributed by atoms with E-state index in [1.807, 2.05) is 13.8 Å². The third-order valence-electron chi connectivity index (χ3n) is 11.4. The first-order valence-corrected chi connectivity index (χ1v) is 12.3. The predicted molar refractivity (Wildman–Crippen MR) is 118 cm³/mol. The van der Waals surface area contributed by atoms with E-state index in [1.54, 1.807) is 0 Å². The van der Waals surface area contributed by atoms with Crippen molar-refractivity contribution in [2.45, 2.75) is 83.9 Å². The van der Waals surface area contributed by atoms with Crippen molar-refractivity contribution in [3.05, 3.63) is 0 Å². The normalized spacial score (nSPS) is 60.8. The molecule has 7 N–H and O–H groups in total. The van der Waals surface area contributed by atoms with Crippen LogP contribution in [0.25, 0.3) is 0 Å². The highest BCUT2D eigenvalue weighted by atomic mass is 16.6. The molecule has 0 aromatic heterocycles. The number of ether oxygens (including phenoxy) is 1. The third kappa shape index (κ3) is 2.79. The summed E-state index contributed by atoms with van der Waals surface area (Å²) in [5, 5.41) is 34.3. The second kappa shape index (κ2) is 7.55. The van der Waals surface area contributed by atoms with Crippen molar-refractivity contribution >= 4 is 11.6 Å². The second-order valence-corrected chi connectivity index (χ2v) is 12.4. The summed E-state index contributed by atoms with van der Waals surface area (Å²) in [5.74, 6) is -0.934. The van der Waals surface area contributed by atoms with Crippen molar-refractivity contribution in [3.63, 3.8) is 0 Å². The maximum atomic E-state index is 13.5. The highest BCUT2D eigenvalue weighted by Gasteiger charge is 2.74. The number of aliphatic hydroxyl groups excluding tert-OH is 3. The molecule has 6 aliphatic rings. The SMILES string of the molecule is C[C@@H]1CC(=O)[C@@H](C)C2C1C1(C)CCC3C(C1[C@H]2O)[C@@H](O)C(=O)C1C[C@@H]2O[C@@H]2[C@H](O)[C@@]13C.O.O. The van der Waals surface area contributed by atoms with Crippen molar-refractivity contribution in [2.24, 2.45) is 58.2 Å². The van der Waals surface area contributed by atoms with E-state index in [0.717, 1.165) is 12.8 Å². The zero-order chi connectivity index (χ0) is 22.2. The van der Waals surface area contributed by atoms with Gasteiger partial charge in [0.1, 0.15) is 18.0 Å². The largest absolute Gasteiger partial charge is 0.412 e. The van der Waals surface area contributed by atoms with Crippen LogP contribution < -0.4 is 0 Å². The molecule has 5 aliphatic carbocycles. The van der Waals surface area contributed by atoms with Gasteiger partial charge in [0.2, 0.25) is 0 Å². The van der Waals surface area contributed by atoms with Crippen LogP contribution in [0.3, 0.4) is 0 Å². The first kappa shape index (κ1) is 25.2. The lowest BCUT2D eigenvalue weighted by Crippen LogP contribution is -2.67. The summed E-state index contributed by atoms with van der Waals surface area (Å²) in [6.45, 7) is 8.32. The van der Waals surface area contributed by atoms with Crippen molar-refractivity contribution in [1.29, 1.82) is 0 Å². The number of rotatable bonds is 0. The van der Waals surface area contributed by atoms with Gasteiger partial charge in [0.05, 0.1) is 18.3 Å². The minimum absolute atomic E-state index is 0. The molecule has 188 valence electrons. The van der Waals surface area contributed by atoms with Crippen LogP contribution >= 0.6 is 0 Å². The first-order chi connectivity index (χ1) is 14.5. The Balaban J connectivity index is 0.00000130. The van der Waals surface area contributed by atoms with Crippen LogP contribution in [0.2, 0.25) is 0 Å². The molecule has 7 unspecified atom stereocenters. The average Bonchev–Trinajstić information content (AvgIpc) is 3.45. The van der Waals surface area contributed by atoms with E-state index in [9.17, 15) is 24.9 Å². The predicted octanol–water partition coefficient (Wildman–Crippen LogP) is -0.0643. The Morgan fingerprint density at radius 1 is 1.00 bits per heavy atom. The second-order valence-electron chi connectivity index (χ2n) is 12.4. The fourth-order valence-corrected chi connectivity index (χ4v) is 10.0. The lowest BCUT2D eigenvalue weighted by molar-refractivity contribution is -0.203. The molecule has 0 bridgehead atoms. The number of hydrogen-bond acceptors (Lipinski definition) is 6. The molecule has 0 aromatic rings. The van der Waals surface area contributed by atoms with E-state index in [1.165, 1.54) is 0 Å². The zero-order valence-electron chi connectivity index (χ0n) is 19.9. The van der Waals surface area contributed by atoms with Crippen molar-refractivity contribution < 1.29 is 40.6 Å². The minimum atomic E-state index is -1.12. The number of aliphatic hydroxyl groups is 3. The van der Waals surface area contributed by atoms with E-state index >= 15 is 0 Å². The highest BCUT2D eigenvalue weighted by molar-refractivity contribution is 5.88. The molecule has 6 rings (SSSR count). The number of ketones is 2. The molecule has 15 atom stereocenters. The highest BCUT2D eigenvalue weighted by Crippen LogP contribution is 2.71. The van der Waals surface area contributed by atoms with Gasteiger partial charge >= 0.3 is 0 Å². The molecular formula is C25H40O8. The summed E-state index contributed by atoms with van der Waals surface area (Å²) < 4.78 is 5.68. The van der Waals surface area contributed by atoms with Crippen LogP contribution in [0.1, 0.15) is 53.4 Å². The number of fused-ring (bicyclic) bond motifs is 8. The van der Waals surface area contributed by atoms with Gasteiger partial charge in [-0.3, -0.25) is 9.59 Å². The van der Waals surface area contributed by atoms with E-state index in [0.29, 0.717) is 12.8 Å². The smallest absolute Gasteiger partial charge is 0.165 e. The Morgan fingerprint density at radius 3 is 2.33 bits per heavy atom. The van der Waals surface area contributed by atoms with Crippen molar-refractivity contribution in [3.8, 4) is 0 Å². The quantitative estimate of drug-likeness (QED) is 0.420. The fourth-order valence-electron chi connectivity index (χ4n) is 10.0. The Hall–Kier alpha value is -0.900. The summed E-state index contributed by atoms with van der Waals surface area (Å²) in [5.41, 5.74) is -0.858. The van der Waals surface area contributed by atoms with Gasteiger partial charge in [-0.2, -0.15) is 0 Å². The van der Waals surface area contributed by atoms with Gasteiger partial charge in [-0.25, -0.2) is 0 Å². The minimum Gasteiger partial charge on any atom is -0.412 e. The third-order valence-corrected chi connectivity index (χ3v) is 11.4. The Labute approximate surface area is 194 Å². The summed E-state index contributed by atoms with van der Waals surface area (Å²) in [6.07, 6.45) is 0.0338. The monoisotopic (exact) mass is 468 g/mol. The number of epoxide rings is 1. The van der Waals surface area contributed by atoms with Gasteiger partial charge in [0.15, 0.2) is 5.78 Å². The molecule has 0 aromatic carbocycles. The standard InChI is InChI=1S/C25H36O6.2H2O/c1-9-7-13(26)10(2)15-17(9)24(3)6-5-11-16(18(24)20(15)28)21(29)19(27)12-8-14-22(31-14)23(30)25(11,12)4;;/h9-12,14-18,20-23,28-30H,5-8H2,1-4H3;2*1H2/t9-,10-,11?,12?,14+,15?,16?,17?,18?,20+,21-,22+,23+,24?,25-;;/m1../s1. The molecule has 5 saturated carbocycles. The fraction of sp³-hybridized carbons (Fsp3) is 0.920. The Morgan fingerprint density at radius 2 is 1.67 bits per heavy atom. The molecule has 0 spiro atoms. The van der Waals surface area contributed by atoms with E-state index in [4.69, 9.17) is 4.74 Å². The van der Waals surface area contributed by atoms with Crippen LogP contribution in [0.4, 0.5) is 0 Å². The number of carbonyl (C=O) groups is 2. The first-order valence-electron chi connectivity index (χ1n) is 12.3. The summed E-state index contributed by atoms with van der Waals surface area (Å²) >= 11 is 0. The van der Waals surface area contributed by atoms with Crippen LogP contribution in [-0.2, 0) is 14.3 Å². The Bertz CT molecular complexity index is 846. The lowest BCUT2D eigenvalue weighted by Gasteiger charge is -2.61. The summed E-state index contributed by atoms with van der Waals surface area (Å²) in [7, 11) is 0. The van der Waals surface area contributed by atoms with Crippen molar-refractivity contribution in [2.75, 3.05) is 0 Å². The molecule has 8 nitrogen and oxygen atoms in total. The van der Waals surface area contributed by atoms with Crippen LogP contribution in [0, 0.1) is 58.2 Å². The molecule has 1 saturated heterocycles. The van der Waals surface area contributed by atoms with Crippen molar-refractivity contribution in [1.82, 2.24) is 0 Å². The summed E-state index contributed by atoms with van der Waals surface area (Å²) in [4.78, 5) is 26.1. The topological polar surface area (TPSA) is 170 Å². The molecule has 1 aliphatic heterocycles. The van der Waals surface area contributed by atoms with Gasteiger partial charge < -0.3 is 31.0 Å². The van der Waals surface area contributed by atoms with Gasteiger partial charge in [-0.05, 0) is 54.3 Å². The molecule has 0 radical (unpaired) electrons. The molecule has 6 fully saturated rings. The molecule has 1 heterocycles. The van der Waals surface area contributed by atoms with Gasteiger partial charge in [0, 0.05) is 29.6 Å². The van der Waals surface area contributed by atoms with Gasteiger partial charge in [-0.15, -0.1) is 0 Å². The van der Waals surface area contributed by atoms with E-state index in [-0.39, 0.29) is 81.6 Å². The number of hydrogen-bond donors (Lipinski definition) is 3. The number of carbonyl (C=O) groups excluding carboxylic acids is 2. The van der Waals surface area contributed by atoms with E-state index < -0.39 is 29.6 Å². The van der Waals surface area contributed by atoms with Crippen LogP contribution in [0.15, 0.2) is 0 Å². The summed E-state index contributed by atoms with van der Waals surface area (Å²) in [6, 6.07) is 0. The lowest BCUT2D eigenvalue weighted by atomic mass is 9.42. The zero-order valence-corrected chi connectivity index (χ0v) is 19.9. The molecule has 8 heteroatoms. The number of Topliss-reactive ketones (excluding diaryl/α,β-unsaturated/α-hetero) is 2. The molecule has 33 heavy (non-hydrogen) atoms. The Kier molecular flexibility index (Phi) is 5.76. The van der Waals surface area contributed by atoms with Crippen LogP contribution in [-0.4, -0.2) is 68.4 Å². The maximum Gasteiger partial charge on any atom is 0.165 e. The maximum absolute atomic E-state index is 13.5. The molecular weight excluding hydrogens is 428 g/mol. The molecule has 0 amide bonds. The van der Waals surface area contributed by atoms with Gasteiger partial charge in [-0.1, -0.05) is 27.7 Å². The van der Waals surface area contributed by atoms with Crippen LogP contribution in [0.5, 0.6) is 0 Å². The average molecular weight is 469 g/mol. The van der Waals surface area contributed by atoms with Gasteiger partial charge in [0.25, 0.3) is 0 Å².